The Bertz CT molecular complexity index is 914. The van der Waals surface area contributed by atoms with Gasteiger partial charge in [-0.3, -0.25) is 4.79 Å². The SMILES string of the molecule is O=C(Nc1ccc(Nc2ccc(Cl)c(Cl)c2)nc1)c1ccccc1Cl. The Morgan fingerprint density at radius 2 is 1.60 bits per heavy atom. The number of rotatable bonds is 4. The number of nitrogens with zero attached hydrogens (tertiary/aromatic N) is 1. The van der Waals surface area contributed by atoms with Crippen LogP contribution in [0.5, 0.6) is 0 Å². The molecule has 0 radical (unpaired) electrons. The monoisotopic (exact) mass is 391 g/mol. The molecule has 126 valence electrons. The Morgan fingerprint density at radius 3 is 2.28 bits per heavy atom. The van der Waals surface area contributed by atoms with E-state index >= 15 is 0 Å². The van der Waals surface area contributed by atoms with Gasteiger partial charge in [0.25, 0.3) is 5.91 Å². The largest absolute Gasteiger partial charge is 0.340 e. The number of halogens is 3. The average Bonchev–Trinajstić information content (AvgIpc) is 2.60. The van der Waals surface area contributed by atoms with Crippen molar-refractivity contribution in [2.45, 2.75) is 0 Å². The highest BCUT2D eigenvalue weighted by molar-refractivity contribution is 6.42. The molecular weight excluding hydrogens is 381 g/mol. The highest BCUT2D eigenvalue weighted by atomic mass is 35.5. The maximum Gasteiger partial charge on any atom is 0.257 e. The molecule has 1 aromatic heterocycles. The smallest absolute Gasteiger partial charge is 0.257 e. The van der Waals surface area contributed by atoms with E-state index in [0.717, 1.165) is 5.69 Å². The van der Waals surface area contributed by atoms with E-state index < -0.39 is 0 Å². The maximum atomic E-state index is 12.2. The van der Waals surface area contributed by atoms with Crippen LogP contribution < -0.4 is 10.6 Å². The number of pyridine rings is 1. The van der Waals surface area contributed by atoms with Gasteiger partial charge in [0.05, 0.1) is 32.5 Å². The van der Waals surface area contributed by atoms with Crippen LogP contribution in [0.4, 0.5) is 17.2 Å². The number of hydrogen-bond donors (Lipinski definition) is 2. The summed E-state index contributed by atoms with van der Waals surface area (Å²) >= 11 is 17.9. The lowest BCUT2D eigenvalue weighted by atomic mass is 10.2. The molecule has 0 saturated carbocycles. The Balaban J connectivity index is 1.69. The number of amides is 1. The van der Waals surface area contributed by atoms with Crippen LogP contribution in [0.1, 0.15) is 10.4 Å². The zero-order valence-electron chi connectivity index (χ0n) is 12.8. The van der Waals surface area contributed by atoms with Gasteiger partial charge in [0.15, 0.2) is 0 Å². The summed E-state index contributed by atoms with van der Waals surface area (Å²) in [5.41, 5.74) is 1.72. The third-order valence-electron chi connectivity index (χ3n) is 3.33. The van der Waals surface area contributed by atoms with Crippen molar-refractivity contribution < 1.29 is 4.79 Å². The van der Waals surface area contributed by atoms with Crippen LogP contribution in [0, 0.1) is 0 Å². The first-order valence-electron chi connectivity index (χ1n) is 7.27. The molecule has 3 aromatic rings. The Morgan fingerprint density at radius 1 is 0.840 bits per heavy atom. The van der Waals surface area contributed by atoms with Crippen LogP contribution in [0.15, 0.2) is 60.8 Å². The minimum atomic E-state index is -0.294. The maximum absolute atomic E-state index is 12.2. The fourth-order valence-corrected chi connectivity index (χ4v) is 2.63. The second-order valence-corrected chi connectivity index (χ2v) is 6.34. The van der Waals surface area contributed by atoms with Crippen molar-refractivity contribution in [3.63, 3.8) is 0 Å². The Hall–Kier alpha value is -2.27. The standard InChI is InChI=1S/C18H12Cl3N3O/c19-14-4-2-1-3-13(14)18(25)24-12-6-8-17(22-10-12)23-11-5-7-15(20)16(21)9-11/h1-10H,(H,22,23)(H,24,25). The van der Waals surface area contributed by atoms with Gasteiger partial charge in [-0.25, -0.2) is 4.98 Å². The molecule has 3 rings (SSSR count). The number of anilines is 3. The van der Waals surface area contributed by atoms with Crippen molar-refractivity contribution >= 4 is 57.9 Å². The summed E-state index contributed by atoms with van der Waals surface area (Å²) in [5.74, 6) is 0.312. The van der Waals surface area contributed by atoms with Crippen molar-refractivity contribution in [1.29, 1.82) is 0 Å². The van der Waals surface area contributed by atoms with Crippen LogP contribution in [0.3, 0.4) is 0 Å². The highest BCUT2D eigenvalue weighted by Gasteiger charge is 2.10. The average molecular weight is 393 g/mol. The van der Waals surface area contributed by atoms with E-state index in [0.29, 0.717) is 32.1 Å². The minimum Gasteiger partial charge on any atom is -0.340 e. The molecule has 1 amide bonds. The molecule has 4 nitrogen and oxygen atoms in total. The fraction of sp³-hybridized carbons (Fsp3) is 0. The molecule has 2 aromatic carbocycles. The predicted octanol–water partition coefficient (Wildman–Crippen LogP) is 6.04. The lowest BCUT2D eigenvalue weighted by molar-refractivity contribution is 0.102. The molecule has 25 heavy (non-hydrogen) atoms. The van der Waals surface area contributed by atoms with E-state index in [1.165, 1.54) is 0 Å². The van der Waals surface area contributed by atoms with Gasteiger partial charge in [0, 0.05) is 5.69 Å². The molecule has 0 atom stereocenters. The van der Waals surface area contributed by atoms with E-state index in [1.54, 1.807) is 60.8 Å². The van der Waals surface area contributed by atoms with Gasteiger partial charge in [-0.05, 0) is 42.5 Å². The topological polar surface area (TPSA) is 54.0 Å². The number of nitrogens with one attached hydrogen (secondary N) is 2. The normalized spacial score (nSPS) is 10.4. The minimum absolute atomic E-state index is 0.294. The second-order valence-electron chi connectivity index (χ2n) is 5.12. The predicted molar refractivity (Wildman–Crippen MR) is 103 cm³/mol. The van der Waals surface area contributed by atoms with Gasteiger partial charge in [0.1, 0.15) is 5.82 Å². The number of carbonyl (C=O) groups is 1. The zero-order chi connectivity index (χ0) is 17.8. The number of hydrogen-bond acceptors (Lipinski definition) is 3. The first kappa shape index (κ1) is 17.5. The number of benzene rings is 2. The van der Waals surface area contributed by atoms with Crippen molar-refractivity contribution in [3.8, 4) is 0 Å². The Kier molecular flexibility index (Phi) is 5.43. The summed E-state index contributed by atoms with van der Waals surface area (Å²) in [6.45, 7) is 0. The number of carbonyl (C=O) groups excluding carboxylic acids is 1. The summed E-state index contributed by atoms with van der Waals surface area (Å²) in [7, 11) is 0. The molecule has 0 saturated heterocycles. The summed E-state index contributed by atoms with van der Waals surface area (Å²) < 4.78 is 0. The first-order chi connectivity index (χ1) is 12.0. The Labute approximate surface area is 159 Å². The van der Waals surface area contributed by atoms with E-state index in [-0.39, 0.29) is 5.91 Å². The quantitative estimate of drug-likeness (QED) is 0.569. The van der Waals surface area contributed by atoms with Crippen LogP contribution in [-0.2, 0) is 0 Å². The molecule has 0 unspecified atom stereocenters. The third kappa shape index (κ3) is 4.42. The molecule has 1 heterocycles. The van der Waals surface area contributed by atoms with Gasteiger partial charge < -0.3 is 10.6 Å². The van der Waals surface area contributed by atoms with Gasteiger partial charge in [0.2, 0.25) is 0 Å². The van der Waals surface area contributed by atoms with Crippen LogP contribution in [0.2, 0.25) is 15.1 Å². The van der Waals surface area contributed by atoms with Crippen molar-refractivity contribution in [1.82, 2.24) is 4.98 Å². The van der Waals surface area contributed by atoms with Crippen molar-refractivity contribution in [2.75, 3.05) is 10.6 Å². The molecule has 0 aliphatic heterocycles. The molecular formula is C18H12Cl3N3O. The number of aromatic nitrogens is 1. The zero-order valence-corrected chi connectivity index (χ0v) is 15.0. The van der Waals surface area contributed by atoms with Gasteiger partial charge in [-0.15, -0.1) is 0 Å². The second kappa shape index (κ2) is 7.74. The molecule has 0 aliphatic carbocycles. The van der Waals surface area contributed by atoms with E-state index in [1.807, 2.05) is 0 Å². The lowest BCUT2D eigenvalue weighted by Crippen LogP contribution is -2.12. The van der Waals surface area contributed by atoms with Gasteiger partial charge >= 0.3 is 0 Å². The van der Waals surface area contributed by atoms with Crippen LogP contribution in [0.25, 0.3) is 0 Å². The van der Waals surface area contributed by atoms with E-state index in [2.05, 4.69) is 15.6 Å². The summed E-state index contributed by atoms with van der Waals surface area (Å²) in [6, 6.07) is 15.5. The van der Waals surface area contributed by atoms with Crippen LogP contribution >= 0.6 is 34.8 Å². The highest BCUT2D eigenvalue weighted by Crippen LogP contribution is 2.26. The van der Waals surface area contributed by atoms with Crippen molar-refractivity contribution in [3.05, 3.63) is 81.4 Å². The molecule has 0 aliphatic rings. The van der Waals surface area contributed by atoms with Gasteiger partial charge in [-0.2, -0.15) is 0 Å². The molecule has 7 heteroatoms. The summed E-state index contributed by atoms with van der Waals surface area (Å²) in [5, 5.41) is 7.19. The fourth-order valence-electron chi connectivity index (χ4n) is 2.11. The van der Waals surface area contributed by atoms with Crippen LogP contribution in [-0.4, -0.2) is 10.9 Å². The van der Waals surface area contributed by atoms with Gasteiger partial charge in [-0.1, -0.05) is 46.9 Å². The summed E-state index contributed by atoms with van der Waals surface area (Å²) in [4.78, 5) is 16.5. The first-order valence-corrected chi connectivity index (χ1v) is 8.40. The molecule has 0 spiro atoms. The lowest BCUT2D eigenvalue weighted by Gasteiger charge is -2.09. The van der Waals surface area contributed by atoms with E-state index in [4.69, 9.17) is 34.8 Å². The summed E-state index contributed by atoms with van der Waals surface area (Å²) in [6.07, 6.45) is 1.55. The third-order valence-corrected chi connectivity index (χ3v) is 4.40. The van der Waals surface area contributed by atoms with E-state index in [9.17, 15) is 4.79 Å². The molecule has 0 fully saturated rings. The molecule has 2 N–H and O–H groups in total. The molecule has 0 bridgehead atoms. The van der Waals surface area contributed by atoms with Crippen molar-refractivity contribution in [2.24, 2.45) is 0 Å².